The number of rotatable bonds is 2. The Morgan fingerprint density at radius 1 is 1.27 bits per heavy atom. The minimum atomic E-state index is 0. The van der Waals surface area contributed by atoms with Gasteiger partial charge in [0, 0.05) is 6.04 Å². The molecule has 0 bridgehead atoms. The highest BCUT2D eigenvalue weighted by Crippen LogP contribution is 2.26. The molecule has 0 aromatic carbocycles. The molecule has 1 saturated carbocycles. The second-order valence-electron chi connectivity index (χ2n) is 3.47. The molecule has 11 heavy (non-hydrogen) atoms. The summed E-state index contributed by atoms with van der Waals surface area (Å²) < 4.78 is 0. The van der Waals surface area contributed by atoms with E-state index in [0.29, 0.717) is 6.04 Å². The van der Waals surface area contributed by atoms with E-state index in [0.717, 1.165) is 12.3 Å². The van der Waals surface area contributed by atoms with Gasteiger partial charge in [0.05, 0.1) is 0 Å². The Hall–Kier alpha value is 0.250. The molecule has 1 aliphatic carbocycles. The molecule has 2 heteroatoms. The van der Waals surface area contributed by atoms with E-state index in [4.69, 9.17) is 5.73 Å². The van der Waals surface area contributed by atoms with E-state index in [9.17, 15) is 0 Å². The lowest BCUT2D eigenvalue weighted by atomic mass is 9.83. The molecule has 68 valence electrons. The minimum absolute atomic E-state index is 0. The summed E-state index contributed by atoms with van der Waals surface area (Å²) >= 11 is 0. The summed E-state index contributed by atoms with van der Waals surface area (Å²) in [5.74, 6) is 0.846. The predicted octanol–water partition coefficient (Wildman–Crippen LogP) is 2.73. The van der Waals surface area contributed by atoms with Crippen LogP contribution in [0, 0.1) is 5.92 Å². The summed E-state index contributed by atoms with van der Waals surface area (Å²) in [4.78, 5) is 0. The van der Waals surface area contributed by atoms with Gasteiger partial charge >= 0.3 is 0 Å². The first-order chi connectivity index (χ1) is 4.84. The Balaban J connectivity index is 0.000001000. The lowest BCUT2D eigenvalue weighted by Crippen LogP contribution is -2.30. The Bertz CT molecular complexity index is 89.6. The van der Waals surface area contributed by atoms with Crippen LogP contribution in [0.4, 0.5) is 0 Å². The maximum absolute atomic E-state index is 5.95. The molecule has 0 spiro atoms. The van der Waals surface area contributed by atoms with Crippen LogP contribution in [0.15, 0.2) is 0 Å². The number of hydrogen-bond acceptors (Lipinski definition) is 1. The van der Waals surface area contributed by atoms with Gasteiger partial charge in [-0.3, -0.25) is 0 Å². The van der Waals surface area contributed by atoms with Gasteiger partial charge in [0.25, 0.3) is 0 Å². The standard InChI is InChI=1S/C9H19N.ClH/c1-2-9(10)8-6-4-3-5-7-8;/h8-9H,2-7,10H2,1H3;1H/t9-;/m0./s1. The largest absolute Gasteiger partial charge is 0.327 e. The topological polar surface area (TPSA) is 26.0 Å². The van der Waals surface area contributed by atoms with E-state index >= 15 is 0 Å². The summed E-state index contributed by atoms with van der Waals surface area (Å²) in [7, 11) is 0. The first kappa shape index (κ1) is 11.2. The first-order valence-electron chi connectivity index (χ1n) is 4.60. The van der Waals surface area contributed by atoms with Crippen molar-refractivity contribution in [3.63, 3.8) is 0 Å². The first-order valence-corrected chi connectivity index (χ1v) is 4.60. The van der Waals surface area contributed by atoms with Crippen molar-refractivity contribution >= 4 is 12.4 Å². The molecule has 0 aliphatic heterocycles. The van der Waals surface area contributed by atoms with Crippen molar-refractivity contribution in [2.24, 2.45) is 11.7 Å². The molecule has 1 fully saturated rings. The summed E-state index contributed by atoms with van der Waals surface area (Å²) in [6.45, 7) is 2.19. The number of nitrogens with two attached hydrogens (primary N) is 1. The van der Waals surface area contributed by atoms with Crippen molar-refractivity contribution in [3.05, 3.63) is 0 Å². The highest BCUT2D eigenvalue weighted by Gasteiger charge is 2.18. The fourth-order valence-corrected chi connectivity index (χ4v) is 1.90. The molecule has 2 N–H and O–H groups in total. The van der Waals surface area contributed by atoms with Crippen LogP contribution in [-0.2, 0) is 0 Å². The smallest absolute Gasteiger partial charge is 0.00645 e. The normalized spacial score (nSPS) is 22.4. The van der Waals surface area contributed by atoms with Crippen molar-refractivity contribution in [2.45, 2.75) is 51.5 Å². The quantitative estimate of drug-likeness (QED) is 0.690. The van der Waals surface area contributed by atoms with Crippen LogP contribution in [0.2, 0.25) is 0 Å². The SMILES string of the molecule is CC[C@H](N)C1CCCCC1.Cl. The van der Waals surface area contributed by atoms with E-state index in [-0.39, 0.29) is 12.4 Å². The van der Waals surface area contributed by atoms with Gasteiger partial charge in [0.15, 0.2) is 0 Å². The summed E-state index contributed by atoms with van der Waals surface area (Å²) in [5.41, 5.74) is 5.95. The number of halogens is 1. The second-order valence-corrected chi connectivity index (χ2v) is 3.47. The van der Waals surface area contributed by atoms with Crippen molar-refractivity contribution in [3.8, 4) is 0 Å². The van der Waals surface area contributed by atoms with Crippen LogP contribution in [0.1, 0.15) is 45.4 Å². The Labute approximate surface area is 76.1 Å². The average molecular weight is 178 g/mol. The second kappa shape index (κ2) is 5.84. The third-order valence-electron chi connectivity index (χ3n) is 2.73. The third kappa shape index (κ3) is 3.44. The van der Waals surface area contributed by atoms with Gasteiger partial charge in [-0.1, -0.05) is 26.2 Å². The van der Waals surface area contributed by atoms with Gasteiger partial charge < -0.3 is 5.73 Å². The van der Waals surface area contributed by atoms with Gasteiger partial charge in [-0.15, -0.1) is 12.4 Å². The van der Waals surface area contributed by atoms with Gasteiger partial charge in [0.1, 0.15) is 0 Å². The molecule has 1 rings (SSSR count). The molecule has 0 radical (unpaired) electrons. The zero-order valence-electron chi connectivity index (χ0n) is 7.38. The lowest BCUT2D eigenvalue weighted by molar-refractivity contribution is 0.300. The minimum Gasteiger partial charge on any atom is -0.327 e. The van der Waals surface area contributed by atoms with E-state index in [1.807, 2.05) is 0 Å². The molecule has 1 nitrogen and oxygen atoms in total. The summed E-state index contributed by atoms with van der Waals surface area (Å²) in [6.07, 6.45) is 8.19. The maximum atomic E-state index is 5.95. The Morgan fingerprint density at radius 2 is 1.82 bits per heavy atom. The highest BCUT2D eigenvalue weighted by molar-refractivity contribution is 5.85. The van der Waals surface area contributed by atoms with Crippen LogP contribution >= 0.6 is 12.4 Å². The van der Waals surface area contributed by atoms with Crippen LogP contribution in [0.25, 0.3) is 0 Å². The lowest BCUT2D eigenvalue weighted by Gasteiger charge is -2.26. The molecule has 1 aliphatic rings. The van der Waals surface area contributed by atoms with Gasteiger partial charge in [-0.25, -0.2) is 0 Å². The van der Waals surface area contributed by atoms with Gasteiger partial charge in [0.2, 0.25) is 0 Å². The fourth-order valence-electron chi connectivity index (χ4n) is 1.90. The highest BCUT2D eigenvalue weighted by atomic mass is 35.5. The van der Waals surface area contributed by atoms with Crippen molar-refractivity contribution in [2.75, 3.05) is 0 Å². The Kier molecular flexibility index (Phi) is 5.98. The summed E-state index contributed by atoms with van der Waals surface area (Å²) in [5, 5.41) is 0. The van der Waals surface area contributed by atoms with Crippen LogP contribution in [0.5, 0.6) is 0 Å². The number of hydrogen-bond donors (Lipinski definition) is 1. The molecular formula is C9H20ClN. The zero-order chi connectivity index (χ0) is 7.40. The van der Waals surface area contributed by atoms with Crippen LogP contribution in [-0.4, -0.2) is 6.04 Å². The molecule has 0 heterocycles. The van der Waals surface area contributed by atoms with E-state index in [1.165, 1.54) is 32.1 Å². The molecule has 1 atom stereocenters. The van der Waals surface area contributed by atoms with Crippen molar-refractivity contribution < 1.29 is 0 Å². The maximum Gasteiger partial charge on any atom is 0.00645 e. The molecular weight excluding hydrogens is 158 g/mol. The summed E-state index contributed by atoms with van der Waals surface area (Å²) in [6, 6.07) is 0.486. The van der Waals surface area contributed by atoms with Crippen LogP contribution < -0.4 is 5.73 Å². The fraction of sp³-hybridized carbons (Fsp3) is 1.00. The average Bonchev–Trinajstić information content (AvgIpc) is 2.05. The van der Waals surface area contributed by atoms with E-state index < -0.39 is 0 Å². The van der Waals surface area contributed by atoms with Gasteiger partial charge in [-0.2, -0.15) is 0 Å². The molecule has 0 amide bonds. The zero-order valence-corrected chi connectivity index (χ0v) is 8.20. The molecule has 0 unspecified atom stereocenters. The molecule has 0 aromatic rings. The van der Waals surface area contributed by atoms with Crippen LogP contribution in [0.3, 0.4) is 0 Å². The van der Waals surface area contributed by atoms with E-state index in [1.54, 1.807) is 0 Å². The molecule has 0 saturated heterocycles. The van der Waals surface area contributed by atoms with Crippen molar-refractivity contribution in [1.82, 2.24) is 0 Å². The Morgan fingerprint density at radius 3 is 2.27 bits per heavy atom. The van der Waals surface area contributed by atoms with Crippen molar-refractivity contribution in [1.29, 1.82) is 0 Å². The third-order valence-corrected chi connectivity index (χ3v) is 2.73. The van der Waals surface area contributed by atoms with Gasteiger partial charge in [-0.05, 0) is 25.2 Å². The van der Waals surface area contributed by atoms with E-state index in [2.05, 4.69) is 6.92 Å². The monoisotopic (exact) mass is 177 g/mol. The molecule has 0 aromatic heterocycles. The predicted molar refractivity (Wildman–Crippen MR) is 52.1 cm³/mol.